The largest absolute Gasteiger partial charge is 0.492 e. The molecule has 4 saturated carbocycles. The number of hydrogen-bond donors (Lipinski definition) is 1. The normalized spacial score (nSPS) is 25.9. The molecule has 1 N–H and O–H groups in total. The van der Waals surface area contributed by atoms with Crippen molar-refractivity contribution >= 4 is 11.6 Å². The summed E-state index contributed by atoms with van der Waals surface area (Å²) in [6, 6.07) is 13.8. The fraction of sp³-hybridized carbons (Fsp3) is 0.514. The first-order valence-corrected chi connectivity index (χ1v) is 16.8. The molecule has 8 rings (SSSR count). The van der Waals surface area contributed by atoms with Gasteiger partial charge < -0.3 is 15.0 Å². The first-order valence-electron chi connectivity index (χ1n) is 16.8. The molecular weight excluding hydrogens is 589 g/mol. The van der Waals surface area contributed by atoms with Crippen LogP contribution in [-0.2, 0) is 12.7 Å². The second-order valence-corrected chi connectivity index (χ2v) is 14.2. The molecule has 1 saturated heterocycles. The van der Waals surface area contributed by atoms with Crippen LogP contribution >= 0.6 is 0 Å². The van der Waals surface area contributed by atoms with Crippen molar-refractivity contribution in [2.45, 2.75) is 58.2 Å². The lowest BCUT2D eigenvalue weighted by Gasteiger charge is -2.56. The molecule has 6 nitrogen and oxygen atoms in total. The number of carbonyl (C=O) groups excluding carboxylic acids is 1. The lowest BCUT2D eigenvalue weighted by atomic mass is 9.49. The Morgan fingerprint density at radius 2 is 1.59 bits per heavy atom. The number of benzene rings is 2. The van der Waals surface area contributed by atoms with Gasteiger partial charge in [-0.2, -0.15) is 13.2 Å². The van der Waals surface area contributed by atoms with Crippen LogP contribution in [0.3, 0.4) is 0 Å². The summed E-state index contributed by atoms with van der Waals surface area (Å²) in [5.74, 6) is 3.14. The Balaban J connectivity index is 0.952. The summed E-state index contributed by atoms with van der Waals surface area (Å²) < 4.78 is 47.1. The molecule has 4 bridgehead atoms. The summed E-state index contributed by atoms with van der Waals surface area (Å²) in [6.07, 6.45) is 6.71. The zero-order valence-electron chi connectivity index (χ0n) is 26.5. The molecule has 0 radical (unpaired) electrons. The van der Waals surface area contributed by atoms with E-state index in [2.05, 4.69) is 20.1 Å². The van der Waals surface area contributed by atoms with Crippen molar-refractivity contribution in [1.29, 1.82) is 0 Å². The van der Waals surface area contributed by atoms with Crippen molar-refractivity contribution in [2.75, 3.05) is 44.2 Å². The first kappa shape index (κ1) is 31.0. The van der Waals surface area contributed by atoms with Crippen LogP contribution in [0.25, 0.3) is 11.1 Å². The molecule has 5 aliphatic rings. The topological polar surface area (TPSA) is 57.7 Å². The van der Waals surface area contributed by atoms with E-state index in [1.807, 2.05) is 37.3 Å². The van der Waals surface area contributed by atoms with Gasteiger partial charge in [0.25, 0.3) is 5.91 Å². The molecule has 0 unspecified atom stereocenters. The number of alkyl halides is 3. The van der Waals surface area contributed by atoms with Crippen LogP contribution < -0.4 is 15.0 Å². The number of ether oxygens (including phenoxy) is 1. The van der Waals surface area contributed by atoms with Crippen LogP contribution in [0.1, 0.15) is 66.9 Å². The summed E-state index contributed by atoms with van der Waals surface area (Å²) >= 11 is 0. The highest BCUT2D eigenvalue weighted by Gasteiger charge is 2.50. The molecule has 0 atom stereocenters. The van der Waals surface area contributed by atoms with E-state index in [4.69, 9.17) is 4.74 Å². The molecule has 2 aromatic carbocycles. The molecular formula is C37H43F3N4O2. The number of nitrogens with zero attached hydrogens (tertiary/aromatic N) is 3. The van der Waals surface area contributed by atoms with E-state index in [9.17, 15) is 18.0 Å². The molecule has 46 heavy (non-hydrogen) atoms. The Labute approximate surface area is 269 Å². The van der Waals surface area contributed by atoms with Crippen molar-refractivity contribution in [2.24, 2.45) is 23.2 Å². The minimum atomic E-state index is -4.45. The Hall–Kier alpha value is -3.59. The third-order valence-electron chi connectivity index (χ3n) is 10.7. The minimum absolute atomic E-state index is 0.00738. The number of pyridine rings is 1. The molecule has 1 amide bonds. The monoisotopic (exact) mass is 632 g/mol. The van der Waals surface area contributed by atoms with Gasteiger partial charge in [-0.15, -0.1) is 0 Å². The SMILES string of the molecule is CCOc1cncc(-c2cc(CN3CCN(c4ccc(C(=O)NCC56CC7CC(CC(C7)C5)C6)cc4)CC3)cc(C(F)(F)F)c2)c1. The molecule has 2 heterocycles. The van der Waals surface area contributed by atoms with Gasteiger partial charge in [-0.05, 0) is 128 Å². The first-order chi connectivity index (χ1) is 22.1. The van der Waals surface area contributed by atoms with Gasteiger partial charge in [-0.3, -0.25) is 14.7 Å². The maximum Gasteiger partial charge on any atom is 0.416 e. The third kappa shape index (κ3) is 6.75. The zero-order chi connectivity index (χ0) is 31.9. The van der Waals surface area contributed by atoms with E-state index >= 15 is 0 Å². The standard InChI is InChI=1S/C37H43F3N4O2/c1-2-46-34-17-31(21-41-22-34)30-14-28(15-32(16-30)37(38,39)40)23-43-7-9-44(10-8-43)33-5-3-29(4-6-33)35(45)42-24-36-18-25-11-26(19-36)13-27(12-25)20-36/h3-6,14-17,21-22,25-27H,2,7-13,18-20,23-24H2,1H3,(H,42,45). The van der Waals surface area contributed by atoms with E-state index < -0.39 is 11.7 Å². The van der Waals surface area contributed by atoms with Crippen molar-refractivity contribution in [1.82, 2.24) is 15.2 Å². The summed E-state index contributed by atoms with van der Waals surface area (Å²) in [7, 11) is 0. The highest BCUT2D eigenvalue weighted by Crippen LogP contribution is 2.59. The summed E-state index contributed by atoms with van der Waals surface area (Å²) in [5, 5.41) is 3.28. The lowest BCUT2D eigenvalue weighted by Crippen LogP contribution is -2.51. The number of anilines is 1. The van der Waals surface area contributed by atoms with E-state index in [-0.39, 0.29) is 5.91 Å². The number of halogens is 3. The molecule has 9 heteroatoms. The fourth-order valence-corrected chi connectivity index (χ4v) is 9.06. The average molecular weight is 633 g/mol. The van der Waals surface area contributed by atoms with Gasteiger partial charge in [0.15, 0.2) is 0 Å². The van der Waals surface area contributed by atoms with Crippen LogP contribution in [-0.4, -0.2) is 55.1 Å². The molecule has 4 aliphatic carbocycles. The lowest BCUT2D eigenvalue weighted by molar-refractivity contribution is -0.137. The van der Waals surface area contributed by atoms with Crippen LogP contribution in [0.2, 0.25) is 0 Å². The van der Waals surface area contributed by atoms with Crippen molar-refractivity contribution < 1.29 is 22.7 Å². The van der Waals surface area contributed by atoms with Crippen molar-refractivity contribution in [3.05, 3.63) is 77.6 Å². The maximum absolute atomic E-state index is 13.9. The van der Waals surface area contributed by atoms with Crippen LogP contribution in [0.5, 0.6) is 5.75 Å². The molecule has 244 valence electrons. The van der Waals surface area contributed by atoms with Gasteiger partial charge in [0.1, 0.15) is 5.75 Å². The van der Waals surface area contributed by atoms with Crippen molar-refractivity contribution in [3.8, 4) is 16.9 Å². The summed E-state index contributed by atoms with van der Waals surface area (Å²) in [5.41, 5.74) is 3.07. The van der Waals surface area contributed by atoms with Gasteiger partial charge >= 0.3 is 6.18 Å². The number of hydrogen-bond acceptors (Lipinski definition) is 5. The van der Waals surface area contributed by atoms with E-state index in [1.165, 1.54) is 50.7 Å². The van der Waals surface area contributed by atoms with Crippen LogP contribution in [0.15, 0.2) is 60.9 Å². The van der Waals surface area contributed by atoms with Crippen molar-refractivity contribution in [3.63, 3.8) is 0 Å². The second-order valence-electron chi connectivity index (χ2n) is 14.2. The Bertz CT molecular complexity index is 1510. The summed E-state index contributed by atoms with van der Waals surface area (Å²) in [6.45, 7) is 6.47. The number of carbonyl (C=O) groups is 1. The molecule has 3 aromatic rings. The average Bonchev–Trinajstić information content (AvgIpc) is 3.03. The predicted octanol–water partition coefficient (Wildman–Crippen LogP) is 7.43. The second kappa shape index (κ2) is 12.5. The van der Waals surface area contributed by atoms with Gasteiger partial charge in [0, 0.05) is 62.3 Å². The van der Waals surface area contributed by atoms with Gasteiger partial charge in [-0.1, -0.05) is 0 Å². The fourth-order valence-electron chi connectivity index (χ4n) is 9.06. The van der Waals surface area contributed by atoms with Gasteiger partial charge in [0.05, 0.1) is 18.4 Å². The highest BCUT2D eigenvalue weighted by atomic mass is 19.4. The number of aromatic nitrogens is 1. The Morgan fingerprint density at radius 3 is 2.22 bits per heavy atom. The third-order valence-corrected chi connectivity index (χ3v) is 10.7. The van der Waals surface area contributed by atoms with E-state index in [0.717, 1.165) is 56.2 Å². The smallest absolute Gasteiger partial charge is 0.416 e. The number of rotatable bonds is 9. The number of nitrogens with one attached hydrogen (secondary N) is 1. The molecule has 5 fully saturated rings. The summed E-state index contributed by atoms with van der Waals surface area (Å²) in [4.78, 5) is 21.7. The van der Waals surface area contributed by atoms with E-state index in [1.54, 1.807) is 18.5 Å². The number of piperazine rings is 1. The highest BCUT2D eigenvalue weighted by molar-refractivity contribution is 5.94. The van der Waals surface area contributed by atoms with Crippen LogP contribution in [0.4, 0.5) is 18.9 Å². The molecule has 0 spiro atoms. The van der Waals surface area contributed by atoms with Gasteiger partial charge in [-0.25, -0.2) is 0 Å². The van der Waals surface area contributed by atoms with Gasteiger partial charge in [0.2, 0.25) is 0 Å². The quantitative estimate of drug-likeness (QED) is 0.266. The number of amides is 1. The Morgan fingerprint density at radius 1 is 0.913 bits per heavy atom. The minimum Gasteiger partial charge on any atom is -0.492 e. The molecule has 1 aromatic heterocycles. The molecule has 1 aliphatic heterocycles. The maximum atomic E-state index is 13.9. The predicted molar refractivity (Wildman–Crippen MR) is 173 cm³/mol. The zero-order valence-corrected chi connectivity index (χ0v) is 26.5. The van der Waals surface area contributed by atoms with Crippen LogP contribution in [0, 0.1) is 23.2 Å². The van der Waals surface area contributed by atoms with E-state index in [0.29, 0.717) is 46.6 Å². The Kier molecular flexibility index (Phi) is 8.46.